The molecule has 2 aromatic carbocycles. The predicted octanol–water partition coefficient (Wildman–Crippen LogP) is 5.16. The third-order valence-electron chi connectivity index (χ3n) is 5.48. The van der Waals surface area contributed by atoms with Gasteiger partial charge in [-0.25, -0.2) is 0 Å². The van der Waals surface area contributed by atoms with Gasteiger partial charge in [-0.1, -0.05) is 55.9 Å². The molecule has 0 unspecified atom stereocenters. The van der Waals surface area contributed by atoms with Crippen LogP contribution >= 0.6 is 11.8 Å². The summed E-state index contributed by atoms with van der Waals surface area (Å²) in [5.41, 5.74) is 2.50. The van der Waals surface area contributed by atoms with Gasteiger partial charge in [0, 0.05) is 23.1 Å². The average Bonchev–Trinajstić information content (AvgIpc) is 3.57. The van der Waals surface area contributed by atoms with Crippen LogP contribution in [0.3, 0.4) is 0 Å². The summed E-state index contributed by atoms with van der Waals surface area (Å²) in [5, 5.41) is 12.2. The number of benzene rings is 2. The van der Waals surface area contributed by atoms with Crippen LogP contribution in [-0.2, 0) is 11.3 Å². The third kappa shape index (κ3) is 5.27. The first-order chi connectivity index (χ1) is 15.4. The SMILES string of the molecule is CC(C)C(=O)Nc1ccc(C(=O)[C@@H](C)Sc2nnc(C3CC3)n2Cc2ccccc2)cc1. The molecule has 0 bridgehead atoms. The highest BCUT2D eigenvalue weighted by Gasteiger charge is 2.31. The van der Waals surface area contributed by atoms with E-state index in [-0.39, 0.29) is 22.9 Å². The first-order valence-corrected chi connectivity index (χ1v) is 11.9. The molecule has 0 spiro atoms. The van der Waals surface area contributed by atoms with Crippen LogP contribution in [0.2, 0.25) is 0 Å². The fraction of sp³-hybridized carbons (Fsp3) is 0.360. The molecule has 4 rings (SSSR count). The van der Waals surface area contributed by atoms with Crippen LogP contribution in [-0.4, -0.2) is 31.7 Å². The molecule has 0 radical (unpaired) electrons. The number of ketones is 1. The molecule has 1 saturated carbocycles. The van der Waals surface area contributed by atoms with Crippen LogP contribution in [0.4, 0.5) is 5.69 Å². The van der Waals surface area contributed by atoms with Gasteiger partial charge < -0.3 is 9.88 Å². The lowest BCUT2D eigenvalue weighted by Crippen LogP contribution is -2.18. The van der Waals surface area contributed by atoms with Gasteiger partial charge in [0.25, 0.3) is 0 Å². The summed E-state index contributed by atoms with van der Waals surface area (Å²) in [6.45, 7) is 6.29. The molecule has 1 N–H and O–H groups in total. The van der Waals surface area contributed by atoms with Gasteiger partial charge in [-0.15, -0.1) is 10.2 Å². The number of anilines is 1. The van der Waals surface area contributed by atoms with Gasteiger partial charge in [0.2, 0.25) is 5.91 Å². The number of amides is 1. The Morgan fingerprint density at radius 3 is 2.34 bits per heavy atom. The maximum absolute atomic E-state index is 13.0. The van der Waals surface area contributed by atoms with E-state index in [0.717, 1.165) is 23.8 Å². The Bertz CT molecular complexity index is 1090. The molecule has 1 fully saturated rings. The number of hydrogen-bond acceptors (Lipinski definition) is 5. The number of nitrogens with one attached hydrogen (secondary N) is 1. The summed E-state index contributed by atoms with van der Waals surface area (Å²) >= 11 is 1.45. The van der Waals surface area contributed by atoms with E-state index in [4.69, 9.17) is 0 Å². The number of thioether (sulfide) groups is 1. The molecule has 166 valence electrons. The minimum atomic E-state index is -0.308. The number of rotatable bonds is 9. The van der Waals surface area contributed by atoms with E-state index in [9.17, 15) is 9.59 Å². The molecule has 0 aliphatic heterocycles. The van der Waals surface area contributed by atoms with Crippen molar-refractivity contribution in [1.82, 2.24) is 14.8 Å². The fourth-order valence-electron chi connectivity index (χ4n) is 3.40. The van der Waals surface area contributed by atoms with Crippen molar-refractivity contribution in [3.8, 4) is 0 Å². The molecule has 32 heavy (non-hydrogen) atoms. The molecule has 0 saturated heterocycles. The van der Waals surface area contributed by atoms with Gasteiger partial charge in [-0.05, 0) is 49.6 Å². The van der Waals surface area contributed by atoms with E-state index in [1.165, 1.54) is 17.3 Å². The van der Waals surface area contributed by atoms with Crippen LogP contribution in [0.5, 0.6) is 0 Å². The summed E-state index contributed by atoms with van der Waals surface area (Å²) in [4.78, 5) is 24.9. The highest BCUT2D eigenvalue weighted by atomic mass is 32.2. The van der Waals surface area contributed by atoms with E-state index in [0.29, 0.717) is 23.7 Å². The Morgan fingerprint density at radius 2 is 1.72 bits per heavy atom. The number of nitrogens with zero attached hydrogens (tertiary/aromatic N) is 3. The number of hydrogen-bond donors (Lipinski definition) is 1. The molecule has 3 aromatic rings. The summed E-state index contributed by atoms with van der Waals surface area (Å²) in [6.07, 6.45) is 2.29. The summed E-state index contributed by atoms with van der Waals surface area (Å²) in [6, 6.07) is 17.3. The van der Waals surface area contributed by atoms with Crippen molar-refractivity contribution in [1.29, 1.82) is 0 Å². The van der Waals surface area contributed by atoms with Crippen molar-refractivity contribution in [2.75, 3.05) is 5.32 Å². The monoisotopic (exact) mass is 448 g/mol. The zero-order valence-electron chi connectivity index (χ0n) is 18.6. The lowest BCUT2D eigenvalue weighted by molar-refractivity contribution is -0.118. The van der Waals surface area contributed by atoms with Crippen molar-refractivity contribution in [2.24, 2.45) is 5.92 Å². The van der Waals surface area contributed by atoms with E-state index in [2.05, 4.69) is 32.2 Å². The largest absolute Gasteiger partial charge is 0.326 e. The van der Waals surface area contributed by atoms with Crippen LogP contribution < -0.4 is 5.32 Å². The molecule has 1 heterocycles. The second kappa shape index (κ2) is 9.69. The van der Waals surface area contributed by atoms with Crippen molar-refractivity contribution in [2.45, 2.75) is 56.5 Å². The number of carbonyl (C=O) groups is 2. The highest BCUT2D eigenvalue weighted by molar-refractivity contribution is 8.00. The van der Waals surface area contributed by atoms with Crippen LogP contribution in [0.25, 0.3) is 0 Å². The van der Waals surface area contributed by atoms with Gasteiger partial charge >= 0.3 is 0 Å². The zero-order chi connectivity index (χ0) is 22.7. The average molecular weight is 449 g/mol. The van der Waals surface area contributed by atoms with Gasteiger partial charge in [-0.2, -0.15) is 0 Å². The Labute approximate surface area is 192 Å². The molecular weight excluding hydrogens is 420 g/mol. The van der Waals surface area contributed by atoms with Crippen molar-refractivity contribution >= 4 is 29.1 Å². The van der Waals surface area contributed by atoms with Gasteiger partial charge in [0.05, 0.1) is 11.8 Å². The molecule has 1 aromatic heterocycles. The minimum absolute atomic E-state index is 0.0268. The second-order valence-electron chi connectivity index (χ2n) is 8.53. The molecule has 1 aliphatic rings. The highest BCUT2D eigenvalue weighted by Crippen LogP contribution is 2.40. The van der Waals surface area contributed by atoms with Crippen LogP contribution in [0.15, 0.2) is 59.8 Å². The number of Topliss-reactive ketones (excluding diaryl/α,β-unsaturated/α-hetero) is 1. The molecule has 1 aliphatic carbocycles. The Balaban J connectivity index is 1.47. The lowest BCUT2D eigenvalue weighted by atomic mass is 10.1. The van der Waals surface area contributed by atoms with Crippen molar-refractivity contribution in [3.63, 3.8) is 0 Å². The normalized spacial score (nSPS) is 14.4. The topological polar surface area (TPSA) is 76.9 Å². The minimum Gasteiger partial charge on any atom is -0.326 e. The van der Waals surface area contributed by atoms with E-state index >= 15 is 0 Å². The lowest BCUT2D eigenvalue weighted by Gasteiger charge is -2.14. The second-order valence-corrected chi connectivity index (χ2v) is 9.84. The standard InChI is InChI=1S/C25H28N4O2S/c1-16(2)24(31)26-21-13-11-19(12-14-21)22(30)17(3)32-25-28-27-23(20-9-10-20)29(25)15-18-7-5-4-6-8-18/h4-8,11-14,16-17,20H,9-10,15H2,1-3H3,(H,26,31)/t17-/m1/s1. The zero-order valence-corrected chi connectivity index (χ0v) is 19.4. The molecule has 1 atom stereocenters. The molecule has 6 nitrogen and oxygen atoms in total. The first kappa shape index (κ1) is 22.3. The number of carbonyl (C=O) groups excluding carboxylic acids is 2. The van der Waals surface area contributed by atoms with Gasteiger partial charge in [0.1, 0.15) is 5.82 Å². The molecule has 7 heteroatoms. The predicted molar refractivity (Wildman–Crippen MR) is 127 cm³/mol. The van der Waals surface area contributed by atoms with Crippen LogP contribution in [0.1, 0.15) is 61.3 Å². The summed E-state index contributed by atoms with van der Waals surface area (Å²) in [5.74, 6) is 1.37. The Hall–Kier alpha value is -2.93. The number of aromatic nitrogens is 3. The fourth-order valence-corrected chi connectivity index (χ4v) is 4.33. The molecule has 1 amide bonds. The van der Waals surface area contributed by atoms with Gasteiger partial charge in [0.15, 0.2) is 10.9 Å². The quantitative estimate of drug-likeness (QED) is 0.361. The van der Waals surface area contributed by atoms with E-state index < -0.39 is 0 Å². The first-order valence-electron chi connectivity index (χ1n) is 11.0. The van der Waals surface area contributed by atoms with Crippen LogP contribution in [0, 0.1) is 5.92 Å². The Kier molecular flexibility index (Phi) is 6.74. The summed E-state index contributed by atoms with van der Waals surface area (Å²) in [7, 11) is 0. The third-order valence-corrected chi connectivity index (χ3v) is 6.56. The van der Waals surface area contributed by atoms with Crippen molar-refractivity contribution < 1.29 is 9.59 Å². The van der Waals surface area contributed by atoms with E-state index in [1.54, 1.807) is 24.3 Å². The maximum atomic E-state index is 13.0. The smallest absolute Gasteiger partial charge is 0.226 e. The van der Waals surface area contributed by atoms with Gasteiger partial charge in [-0.3, -0.25) is 9.59 Å². The van der Waals surface area contributed by atoms with Crippen molar-refractivity contribution in [3.05, 3.63) is 71.5 Å². The molecular formula is C25H28N4O2S. The maximum Gasteiger partial charge on any atom is 0.226 e. The summed E-state index contributed by atoms with van der Waals surface area (Å²) < 4.78 is 2.16. The van der Waals surface area contributed by atoms with E-state index in [1.807, 2.05) is 39.0 Å². The Morgan fingerprint density at radius 1 is 1.03 bits per heavy atom.